The second kappa shape index (κ2) is 8.17. The summed E-state index contributed by atoms with van der Waals surface area (Å²) in [4.78, 5) is 12.3. The Hall–Kier alpha value is -2.56. The third-order valence-corrected chi connectivity index (χ3v) is 3.19. The SMILES string of the molecule is CCOc1ccc(NC(=O)[C@@H](CC)Oc2ccc(F)cc2)cc1. The van der Waals surface area contributed by atoms with Gasteiger partial charge in [0.2, 0.25) is 0 Å². The molecule has 23 heavy (non-hydrogen) atoms. The zero-order valence-corrected chi connectivity index (χ0v) is 13.2. The van der Waals surface area contributed by atoms with E-state index < -0.39 is 6.10 Å². The Bertz CT molecular complexity index is 626. The minimum absolute atomic E-state index is 0.249. The maximum Gasteiger partial charge on any atom is 0.265 e. The molecule has 0 saturated carbocycles. The molecule has 0 bridgehead atoms. The van der Waals surface area contributed by atoms with Gasteiger partial charge in [-0.2, -0.15) is 0 Å². The quantitative estimate of drug-likeness (QED) is 0.839. The molecule has 5 heteroatoms. The van der Waals surface area contributed by atoms with Crippen molar-refractivity contribution in [3.8, 4) is 11.5 Å². The molecule has 1 amide bonds. The van der Waals surface area contributed by atoms with Crippen LogP contribution in [0.5, 0.6) is 11.5 Å². The van der Waals surface area contributed by atoms with Gasteiger partial charge in [-0.05, 0) is 61.9 Å². The molecule has 0 spiro atoms. The van der Waals surface area contributed by atoms with Gasteiger partial charge in [-0.15, -0.1) is 0 Å². The van der Waals surface area contributed by atoms with Gasteiger partial charge in [0.05, 0.1) is 6.61 Å². The highest BCUT2D eigenvalue weighted by Gasteiger charge is 2.18. The number of hydrogen-bond donors (Lipinski definition) is 1. The highest BCUT2D eigenvalue weighted by Crippen LogP contribution is 2.18. The Labute approximate surface area is 135 Å². The number of amides is 1. The number of nitrogens with one attached hydrogen (secondary N) is 1. The summed E-state index contributed by atoms with van der Waals surface area (Å²) < 4.78 is 23.9. The number of halogens is 1. The van der Waals surface area contributed by atoms with E-state index in [-0.39, 0.29) is 11.7 Å². The standard InChI is InChI=1S/C18H20FNO3/c1-3-17(23-16-9-5-13(19)6-10-16)18(21)20-14-7-11-15(12-8-14)22-4-2/h5-12,17H,3-4H2,1-2H3,(H,20,21)/t17-/m1/s1. The molecule has 0 radical (unpaired) electrons. The molecule has 0 saturated heterocycles. The third kappa shape index (κ3) is 4.98. The predicted octanol–water partition coefficient (Wildman–Crippen LogP) is 4.02. The Balaban J connectivity index is 1.97. The monoisotopic (exact) mass is 317 g/mol. The number of hydrogen-bond acceptors (Lipinski definition) is 3. The molecule has 2 aromatic rings. The van der Waals surface area contributed by atoms with Crippen LogP contribution in [0.1, 0.15) is 20.3 Å². The van der Waals surface area contributed by atoms with Gasteiger partial charge in [0.25, 0.3) is 5.91 Å². The van der Waals surface area contributed by atoms with Crippen LogP contribution < -0.4 is 14.8 Å². The molecule has 0 heterocycles. The summed E-state index contributed by atoms with van der Waals surface area (Å²) in [5.74, 6) is 0.616. The summed E-state index contributed by atoms with van der Waals surface area (Å²) in [5.41, 5.74) is 0.666. The highest BCUT2D eigenvalue weighted by molar-refractivity contribution is 5.94. The summed E-state index contributed by atoms with van der Waals surface area (Å²) in [5, 5.41) is 2.80. The Morgan fingerprint density at radius 1 is 1.04 bits per heavy atom. The summed E-state index contributed by atoms with van der Waals surface area (Å²) in [6.45, 7) is 4.36. The molecule has 4 nitrogen and oxygen atoms in total. The second-order valence-electron chi connectivity index (χ2n) is 4.92. The van der Waals surface area contributed by atoms with Crippen molar-refractivity contribution in [2.24, 2.45) is 0 Å². The topological polar surface area (TPSA) is 47.6 Å². The van der Waals surface area contributed by atoms with Gasteiger partial charge in [-0.25, -0.2) is 4.39 Å². The van der Waals surface area contributed by atoms with Crippen LogP contribution in [0, 0.1) is 5.82 Å². The van der Waals surface area contributed by atoms with E-state index in [0.29, 0.717) is 24.5 Å². The van der Waals surface area contributed by atoms with Crippen LogP contribution in [0.2, 0.25) is 0 Å². The van der Waals surface area contributed by atoms with E-state index in [1.165, 1.54) is 24.3 Å². The lowest BCUT2D eigenvalue weighted by Crippen LogP contribution is -2.32. The fraction of sp³-hybridized carbons (Fsp3) is 0.278. The van der Waals surface area contributed by atoms with Crippen LogP contribution in [-0.2, 0) is 4.79 Å². The first-order chi connectivity index (χ1) is 11.1. The van der Waals surface area contributed by atoms with Crippen molar-refractivity contribution in [3.05, 3.63) is 54.3 Å². The van der Waals surface area contributed by atoms with Gasteiger partial charge in [0.15, 0.2) is 6.10 Å². The molecule has 0 aliphatic heterocycles. The zero-order chi connectivity index (χ0) is 16.7. The van der Waals surface area contributed by atoms with E-state index in [1.54, 1.807) is 24.3 Å². The molecule has 1 atom stereocenters. The van der Waals surface area contributed by atoms with Crippen LogP contribution in [0.15, 0.2) is 48.5 Å². The maximum atomic E-state index is 12.9. The number of rotatable bonds is 7. The summed E-state index contributed by atoms with van der Waals surface area (Å²) >= 11 is 0. The molecule has 0 aromatic heterocycles. The Morgan fingerprint density at radius 2 is 1.65 bits per heavy atom. The third-order valence-electron chi connectivity index (χ3n) is 3.19. The van der Waals surface area contributed by atoms with E-state index in [2.05, 4.69) is 5.32 Å². The van der Waals surface area contributed by atoms with Crippen molar-refractivity contribution in [2.45, 2.75) is 26.4 Å². The number of anilines is 1. The molecular weight excluding hydrogens is 297 g/mol. The lowest BCUT2D eigenvalue weighted by Gasteiger charge is -2.17. The molecule has 2 rings (SSSR count). The average Bonchev–Trinajstić information content (AvgIpc) is 2.56. The lowest BCUT2D eigenvalue weighted by molar-refractivity contribution is -0.122. The number of carbonyl (C=O) groups is 1. The van der Waals surface area contributed by atoms with Crippen molar-refractivity contribution in [3.63, 3.8) is 0 Å². The van der Waals surface area contributed by atoms with Crippen LogP contribution >= 0.6 is 0 Å². The van der Waals surface area contributed by atoms with Gasteiger partial charge in [0.1, 0.15) is 17.3 Å². The van der Waals surface area contributed by atoms with Crippen LogP contribution in [-0.4, -0.2) is 18.6 Å². The largest absolute Gasteiger partial charge is 0.494 e. The minimum atomic E-state index is -0.646. The van der Waals surface area contributed by atoms with Gasteiger partial charge in [-0.3, -0.25) is 4.79 Å². The zero-order valence-electron chi connectivity index (χ0n) is 13.2. The number of benzene rings is 2. The van der Waals surface area contributed by atoms with Crippen molar-refractivity contribution in [1.29, 1.82) is 0 Å². The smallest absolute Gasteiger partial charge is 0.265 e. The van der Waals surface area contributed by atoms with Gasteiger partial charge in [-0.1, -0.05) is 6.92 Å². The van der Waals surface area contributed by atoms with Crippen molar-refractivity contribution >= 4 is 11.6 Å². The molecule has 2 aromatic carbocycles. The van der Waals surface area contributed by atoms with Crippen molar-refractivity contribution < 1.29 is 18.7 Å². The van der Waals surface area contributed by atoms with Crippen LogP contribution in [0.4, 0.5) is 10.1 Å². The van der Waals surface area contributed by atoms with Gasteiger partial charge < -0.3 is 14.8 Å². The van der Waals surface area contributed by atoms with Crippen molar-refractivity contribution in [2.75, 3.05) is 11.9 Å². The molecule has 0 aliphatic carbocycles. The van der Waals surface area contributed by atoms with E-state index >= 15 is 0 Å². The van der Waals surface area contributed by atoms with Crippen LogP contribution in [0.3, 0.4) is 0 Å². The first kappa shape index (κ1) is 16.8. The molecule has 1 N–H and O–H groups in total. The first-order valence-corrected chi connectivity index (χ1v) is 7.58. The highest BCUT2D eigenvalue weighted by atomic mass is 19.1. The summed E-state index contributed by atoms with van der Waals surface area (Å²) in [6, 6.07) is 12.7. The normalized spacial score (nSPS) is 11.6. The lowest BCUT2D eigenvalue weighted by atomic mass is 10.2. The average molecular weight is 317 g/mol. The first-order valence-electron chi connectivity index (χ1n) is 7.58. The second-order valence-corrected chi connectivity index (χ2v) is 4.92. The van der Waals surface area contributed by atoms with Crippen LogP contribution in [0.25, 0.3) is 0 Å². The molecule has 122 valence electrons. The molecule has 0 aliphatic rings. The number of carbonyl (C=O) groups excluding carboxylic acids is 1. The summed E-state index contributed by atoms with van der Waals surface area (Å²) in [6.07, 6.45) is -0.146. The van der Waals surface area contributed by atoms with E-state index in [9.17, 15) is 9.18 Å². The molecule has 0 unspecified atom stereocenters. The van der Waals surface area contributed by atoms with Gasteiger partial charge >= 0.3 is 0 Å². The summed E-state index contributed by atoms with van der Waals surface area (Å²) in [7, 11) is 0. The fourth-order valence-corrected chi connectivity index (χ4v) is 2.02. The van der Waals surface area contributed by atoms with Crippen molar-refractivity contribution in [1.82, 2.24) is 0 Å². The maximum absolute atomic E-state index is 12.9. The fourth-order valence-electron chi connectivity index (χ4n) is 2.02. The number of ether oxygens (including phenoxy) is 2. The molecular formula is C18H20FNO3. The molecule has 0 fully saturated rings. The Kier molecular flexibility index (Phi) is 5.97. The van der Waals surface area contributed by atoms with E-state index in [4.69, 9.17) is 9.47 Å². The van der Waals surface area contributed by atoms with E-state index in [0.717, 1.165) is 5.75 Å². The predicted molar refractivity (Wildman–Crippen MR) is 87.3 cm³/mol. The minimum Gasteiger partial charge on any atom is -0.494 e. The van der Waals surface area contributed by atoms with Gasteiger partial charge in [0, 0.05) is 5.69 Å². The van der Waals surface area contributed by atoms with E-state index in [1.807, 2.05) is 13.8 Å². The Morgan fingerprint density at radius 3 is 2.22 bits per heavy atom.